The lowest BCUT2D eigenvalue weighted by atomic mass is 9.47. The van der Waals surface area contributed by atoms with Gasteiger partial charge in [0.05, 0.1) is 5.88 Å². The normalized spacial score (nSPS) is 45.4. The predicted molar refractivity (Wildman–Crippen MR) is 102 cm³/mol. The molecule has 4 nitrogen and oxygen atoms in total. The number of fused-ring (bicyclic) bond motifs is 5. The van der Waals surface area contributed by atoms with E-state index in [2.05, 4.69) is 19.9 Å². The maximum Gasteiger partial charge on any atom is 0.294 e. The molecule has 6 atom stereocenters. The van der Waals surface area contributed by atoms with Crippen LogP contribution < -0.4 is 0 Å². The number of Topliss-reactive ketones (excluding diaryl/α,β-unsaturated/α-hetero) is 1. The first kappa shape index (κ1) is 18.9. The lowest BCUT2D eigenvalue weighted by Gasteiger charge is -2.58. The number of halogens is 1. The molecule has 0 unspecified atom stereocenters. The van der Waals surface area contributed by atoms with Gasteiger partial charge in [-0.15, -0.1) is 11.6 Å². The predicted octanol–water partition coefficient (Wildman–Crippen LogP) is 4.01. The fraction of sp³-hybridized carbons (Fsp3) is 0.682. The van der Waals surface area contributed by atoms with Crippen LogP contribution in [0, 0.1) is 28.6 Å². The van der Waals surface area contributed by atoms with E-state index in [4.69, 9.17) is 16.3 Å². The zero-order valence-corrected chi connectivity index (χ0v) is 16.8. The van der Waals surface area contributed by atoms with Crippen LogP contribution in [0.15, 0.2) is 23.8 Å². The zero-order chi connectivity index (χ0) is 19.4. The second-order valence-corrected chi connectivity index (χ2v) is 9.46. The Labute approximate surface area is 165 Å². The highest BCUT2D eigenvalue weighted by Gasteiger charge is 2.67. The quantitative estimate of drug-likeness (QED) is 0.537. The van der Waals surface area contributed by atoms with Crippen LogP contribution in [0.4, 0.5) is 0 Å². The smallest absolute Gasteiger partial charge is 0.294 e. The van der Waals surface area contributed by atoms with Gasteiger partial charge in [-0.25, -0.2) is 0 Å². The van der Waals surface area contributed by atoms with Crippen LogP contribution in [-0.4, -0.2) is 29.5 Å². The first-order valence-electron chi connectivity index (χ1n) is 9.97. The Morgan fingerprint density at radius 2 is 2.00 bits per heavy atom. The molecule has 4 aliphatic rings. The number of carbonyl (C=O) groups excluding carboxylic acids is 3. The Bertz CT molecular complexity index is 755. The third-order valence-electron chi connectivity index (χ3n) is 8.50. The van der Waals surface area contributed by atoms with Crippen molar-refractivity contribution in [2.75, 3.05) is 5.88 Å². The van der Waals surface area contributed by atoms with Gasteiger partial charge in [0.2, 0.25) is 0 Å². The number of hydrogen-bond donors (Lipinski definition) is 0. The van der Waals surface area contributed by atoms with Crippen molar-refractivity contribution >= 4 is 29.6 Å². The average Bonchev–Trinajstić information content (AvgIpc) is 2.95. The highest BCUT2D eigenvalue weighted by atomic mass is 35.5. The van der Waals surface area contributed by atoms with Crippen LogP contribution in [0.1, 0.15) is 52.4 Å². The van der Waals surface area contributed by atoms with Crippen LogP contribution in [0.5, 0.6) is 0 Å². The molecule has 0 N–H and O–H groups in total. The van der Waals surface area contributed by atoms with Gasteiger partial charge in [-0.2, -0.15) is 0 Å². The maximum atomic E-state index is 12.8. The molecule has 5 heteroatoms. The number of rotatable bonds is 4. The van der Waals surface area contributed by atoms with E-state index in [1.54, 1.807) is 6.08 Å². The fourth-order valence-electron chi connectivity index (χ4n) is 7.10. The molecule has 0 aromatic heterocycles. The summed E-state index contributed by atoms with van der Waals surface area (Å²) in [5.74, 6) is 1.05. The topological polar surface area (TPSA) is 60.4 Å². The van der Waals surface area contributed by atoms with Crippen molar-refractivity contribution in [3.05, 3.63) is 23.8 Å². The second kappa shape index (κ2) is 6.30. The highest BCUT2D eigenvalue weighted by molar-refractivity contribution is 6.29. The van der Waals surface area contributed by atoms with Crippen molar-refractivity contribution in [3.8, 4) is 0 Å². The van der Waals surface area contributed by atoms with Gasteiger partial charge in [-0.05, 0) is 68.4 Å². The number of ketones is 2. The molecule has 3 saturated carbocycles. The first-order chi connectivity index (χ1) is 12.8. The number of allylic oxidation sites excluding steroid dienone is 4. The fourth-order valence-corrected chi connectivity index (χ4v) is 7.32. The standard InChI is InChI=1S/C22H27ClO4/c1-20-8-5-15(25)11-14(20)3-4-16-17(20)6-9-21(2)18(16)7-10-22(21,27-13-24)19(26)12-23/h5,8,11,13,16-18H,3-4,6-7,9-10,12H2,1-2H3/t16-,17+,18+,20+,21+,22+/m1/s1. The summed E-state index contributed by atoms with van der Waals surface area (Å²) in [4.78, 5) is 35.9. The molecule has 146 valence electrons. The van der Waals surface area contributed by atoms with Crippen molar-refractivity contribution in [1.29, 1.82) is 0 Å². The Hall–Kier alpha value is -1.42. The molecule has 4 aliphatic carbocycles. The summed E-state index contributed by atoms with van der Waals surface area (Å²) < 4.78 is 5.56. The molecule has 0 spiro atoms. The molecule has 0 radical (unpaired) electrons. The molecule has 0 amide bonds. The van der Waals surface area contributed by atoms with E-state index in [-0.39, 0.29) is 28.3 Å². The Morgan fingerprint density at radius 3 is 2.70 bits per heavy atom. The SMILES string of the molecule is C[C@]12C=CC(=O)C=C1CC[C@@H]1[C@@H]2CC[C@@]2(C)[C@H]1CC[C@]2(OC=O)C(=O)CCl. The summed E-state index contributed by atoms with van der Waals surface area (Å²) in [5.41, 5.74) is -0.273. The van der Waals surface area contributed by atoms with E-state index in [0.29, 0.717) is 30.6 Å². The second-order valence-electron chi connectivity index (χ2n) is 9.20. The number of hydrogen-bond acceptors (Lipinski definition) is 4. The summed E-state index contributed by atoms with van der Waals surface area (Å²) >= 11 is 5.92. The van der Waals surface area contributed by atoms with E-state index >= 15 is 0 Å². The van der Waals surface area contributed by atoms with Gasteiger partial charge in [0, 0.05) is 10.8 Å². The van der Waals surface area contributed by atoms with Crippen molar-refractivity contribution in [2.45, 2.75) is 58.0 Å². The van der Waals surface area contributed by atoms with Crippen LogP contribution in [0.3, 0.4) is 0 Å². The Morgan fingerprint density at radius 1 is 1.26 bits per heavy atom. The van der Waals surface area contributed by atoms with Crippen molar-refractivity contribution in [1.82, 2.24) is 0 Å². The molecular formula is C22H27ClO4. The van der Waals surface area contributed by atoms with Crippen LogP contribution in [0.2, 0.25) is 0 Å². The molecule has 27 heavy (non-hydrogen) atoms. The van der Waals surface area contributed by atoms with Crippen molar-refractivity contribution in [3.63, 3.8) is 0 Å². The maximum absolute atomic E-state index is 12.8. The average molecular weight is 391 g/mol. The van der Waals surface area contributed by atoms with Gasteiger partial charge in [0.25, 0.3) is 6.47 Å². The van der Waals surface area contributed by atoms with E-state index in [0.717, 1.165) is 32.1 Å². The first-order valence-corrected chi connectivity index (χ1v) is 10.5. The Kier molecular flexibility index (Phi) is 4.41. The van der Waals surface area contributed by atoms with Crippen molar-refractivity contribution < 1.29 is 19.1 Å². The number of alkyl halides is 1. The molecule has 0 saturated heterocycles. The third kappa shape index (κ3) is 2.38. The third-order valence-corrected chi connectivity index (χ3v) is 8.74. The summed E-state index contributed by atoms with van der Waals surface area (Å²) in [7, 11) is 0. The Balaban J connectivity index is 1.71. The van der Waals surface area contributed by atoms with Gasteiger partial charge in [-0.1, -0.05) is 25.5 Å². The molecule has 0 aromatic carbocycles. The van der Waals surface area contributed by atoms with Gasteiger partial charge >= 0.3 is 0 Å². The van der Waals surface area contributed by atoms with E-state index in [1.165, 1.54) is 5.57 Å². The van der Waals surface area contributed by atoms with Crippen molar-refractivity contribution in [2.24, 2.45) is 28.6 Å². The van der Waals surface area contributed by atoms with E-state index in [9.17, 15) is 14.4 Å². The summed E-state index contributed by atoms with van der Waals surface area (Å²) in [6, 6.07) is 0. The minimum Gasteiger partial charge on any atom is -0.453 e. The largest absolute Gasteiger partial charge is 0.453 e. The molecule has 0 heterocycles. The lowest BCUT2D eigenvalue weighted by molar-refractivity contribution is -0.177. The molecule has 0 aromatic rings. The van der Waals surface area contributed by atoms with Gasteiger partial charge in [0.15, 0.2) is 17.2 Å². The zero-order valence-electron chi connectivity index (χ0n) is 16.0. The summed E-state index contributed by atoms with van der Waals surface area (Å²) in [6.45, 7) is 4.82. The van der Waals surface area contributed by atoms with Gasteiger partial charge in [-0.3, -0.25) is 14.4 Å². The van der Waals surface area contributed by atoms with E-state index < -0.39 is 5.60 Å². The van der Waals surface area contributed by atoms with Gasteiger partial charge in [0.1, 0.15) is 0 Å². The van der Waals surface area contributed by atoms with E-state index in [1.807, 2.05) is 6.08 Å². The van der Waals surface area contributed by atoms with Crippen LogP contribution >= 0.6 is 11.6 Å². The minimum absolute atomic E-state index is 0.0780. The molecule has 3 fully saturated rings. The molecule has 4 rings (SSSR count). The molecular weight excluding hydrogens is 364 g/mol. The minimum atomic E-state index is -1.08. The lowest BCUT2D eigenvalue weighted by Crippen LogP contribution is -2.58. The summed E-state index contributed by atoms with van der Waals surface area (Å²) in [6.07, 6.45) is 10.8. The number of carbonyl (C=O) groups is 3. The molecule has 0 bridgehead atoms. The highest BCUT2D eigenvalue weighted by Crippen LogP contribution is 2.67. The van der Waals surface area contributed by atoms with Crippen LogP contribution in [-0.2, 0) is 19.1 Å². The monoisotopic (exact) mass is 390 g/mol. The van der Waals surface area contributed by atoms with Gasteiger partial charge < -0.3 is 4.74 Å². The van der Waals surface area contributed by atoms with Crippen LogP contribution in [0.25, 0.3) is 0 Å². The molecule has 0 aliphatic heterocycles. The summed E-state index contributed by atoms with van der Waals surface area (Å²) in [5, 5.41) is 0. The number of ether oxygens (including phenoxy) is 1.